The molecule has 1 N–H and O–H groups in total. The van der Waals surface area contributed by atoms with Crippen molar-refractivity contribution >= 4 is 22.0 Å². The summed E-state index contributed by atoms with van der Waals surface area (Å²) < 4.78 is 63.3. The lowest BCUT2D eigenvalue weighted by molar-refractivity contribution is -0.175. The number of nitrogens with one attached hydrogen (secondary N) is 1. The normalized spacial score (nSPS) is 18.2. The van der Waals surface area contributed by atoms with Crippen molar-refractivity contribution in [3.63, 3.8) is 0 Å². The summed E-state index contributed by atoms with van der Waals surface area (Å²) >= 11 is 3.27. The van der Waals surface area contributed by atoms with Crippen LogP contribution in [0.1, 0.15) is 29.2 Å². The van der Waals surface area contributed by atoms with Gasteiger partial charge in [-0.25, -0.2) is 9.38 Å². The zero-order valence-corrected chi connectivity index (χ0v) is 24.2. The molecule has 5 nitrogen and oxygen atoms in total. The van der Waals surface area contributed by atoms with Gasteiger partial charge < -0.3 is 19.5 Å². The van der Waals surface area contributed by atoms with E-state index in [1.165, 1.54) is 19.1 Å². The Morgan fingerprint density at radius 1 is 0.829 bits per heavy atom. The van der Waals surface area contributed by atoms with E-state index < -0.39 is 29.4 Å². The van der Waals surface area contributed by atoms with Gasteiger partial charge in [0.05, 0.1) is 14.2 Å². The average Bonchev–Trinajstić information content (AvgIpc) is 2.99. The average molecular weight is 625 g/mol. The van der Waals surface area contributed by atoms with Gasteiger partial charge in [0.2, 0.25) is 5.60 Å². The molecule has 0 aliphatic carbocycles. The van der Waals surface area contributed by atoms with Crippen molar-refractivity contribution in [2.75, 3.05) is 20.8 Å². The summed E-state index contributed by atoms with van der Waals surface area (Å²) in [5, 5.41) is 3.37. The van der Waals surface area contributed by atoms with E-state index in [0.29, 0.717) is 16.0 Å². The molecule has 0 saturated heterocycles. The van der Waals surface area contributed by atoms with Crippen molar-refractivity contribution in [3.8, 4) is 11.5 Å². The van der Waals surface area contributed by atoms with Crippen LogP contribution in [0, 0.1) is 5.82 Å². The van der Waals surface area contributed by atoms with Gasteiger partial charge in [-0.3, -0.25) is 0 Å². The quantitative estimate of drug-likeness (QED) is 0.217. The molecule has 0 radical (unpaired) electrons. The van der Waals surface area contributed by atoms with Crippen LogP contribution < -0.4 is 14.8 Å². The van der Waals surface area contributed by atoms with Gasteiger partial charge in [-0.05, 0) is 66.1 Å². The smallest absolute Gasteiger partial charge is 0.310 e. The summed E-state index contributed by atoms with van der Waals surface area (Å²) in [5.74, 6) is -3.02. The molecule has 1 aliphatic heterocycles. The zero-order valence-electron chi connectivity index (χ0n) is 22.6. The minimum absolute atomic E-state index is 0.159. The molecule has 1 heterocycles. The minimum atomic E-state index is -3.50. The summed E-state index contributed by atoms with van der Waals surface area (Å²) in [6.07, 6.45) is 0. The van der Waals surface area contributed by atoms with Crippen LogP contribution in [0.5, 0.6) is 11.5 Å². The maximum Gasteiger partial charge on any atom is 0.310 e. The summed E-state index contributed by atoms with van der Waals surface area (Å²) in [6, 6.07) is 28.0. The van der Waals surface area contributed by atoms with Crippen LogP contribution in [0.25, 0.3) is 0 Å². The third kappa shape index (κ3) is 5.14. The molecule has 0 saturated carbocycles. The second kappa shape index (κ2) is 11.1. The van der Waals surface area contributed by atoms with E-state index in [-0.39, 0.29) is 11.6 Å². The van der Waals surface area contributed by atoms with Gasteiger partial charge in [0.15, 0.2) is 0 Å². The standard InChI is InChI=1S/C32H28BrF3N2O3/c1-30(27-19-24(33)13-18-28(27)34)31(35,36)20-37-29(41-30)38-32(21-7-5-4-6-8-21,22-9-14-25(39-2)15-10-22)23-11-16-26(40-3)17-12-23/h4-19H,20H2,1-3H3,(H,37,38)/t30-/m1/s1. The Hall–Kier alpha value is -3.98. The number of benzene rings is 4. The number of methoxy groups -OCH3 is 2. The van der Waals surface area contributed by atoms with Gasteiger partial charge in [-0.15, -0.1) is 0 Å². The van der Waals surface area contributed by atoms with E-state index in [9.17, 15) is 0 Å². The second-order valence-electron chi connectivity index (χ2n) is 9.78. The first-order valence-electron chi connectivity index (χ1n) is 12.8. The number of hydrogen-bond donors (Lipinski definition) is 1. The van der Waals surface area contributed by atoms with Crippen LogP contribution in [-0.2, 0) is 15.9 Å². The first-order valence-corrected chi connectivity index (χ1v) is 13.6. The van der Waals surface area contributed by atoms with Crippen LogP contribution >= 0.6 is 15.9 Å². The summed E-state index contributed by atoms with van der Waals surface area (Å²) in [7, 11) is 3.15. The molecule has 4 aromatic carbocycles. The molecule has 0 unspecified atom stereocenters. The maximum absolute atomic E-state index is 15.5. The Morgan fingerprint density at radius 3 is 1.90 bits per heavy atom. The zero-order chi connectivity index (χ0) is 29.3. The number of ether oxygens (including phenoxy) is 3. The van der Waals surface area contributed by atoms with Crippen molar-refractivity contribution in [2.24, 2.45) is 4.99 Å². The predicted octanol–water partition coefficient (Wildman–Crippen LogP) is 7.42. The molecule has 1 atom stereocenters. The largest absolute Gasteiger partial charge is 0.497 e. The van der Waals surface area contributed by atoms with Crippen molar-refractivity contribution in [2.45, 2.75) is 24.0 Å². The summed E-state index contributed by atoms with van der Waals surface area (Å²) in [4.78, 5) is 4.13. The SMILES string of the molecule is COc1ccc(C(NC2=NCC(F)(F)[C@@](C)(c3cc(Br)ccc3F)O2)(c2ccccc2)c2ccc(OC)cc2)cc1. The number of halogens is 4. The van der Waals surface area contributed by atoms with Crippen LogP contribution in [0.3, 0.4) is 0 Å². The highest BCUT2D eigenvalue weighted by atomic mass is 79.9. The molecule has 0 amide bonds. The summed E-state index contributed by atoms with van der Waals surface area (Å²) in [5.41, 5.74) is -1.50. The van der Waals surface area contributed by atoms with Crippen LogP contribution in [0.4, 0.5) is 13.2 Å². The maximum atomic E-state index is 15.5. The molecule has 4 aromatic rings. The van der Waals surface area contributed by atoms with E-state index in [0.717, 1.165) is 22.8 Å². The predicted molar refractivity (Wildman–Crippen MR) is 155 cm³/mol. The molecule has 9 heteroatoms. The number of aliphatic imine (C=N–C) groups is 1. The van der Waals surface area contributed by atoms with Gasteiger partial charge >= 0.3 is 5.92 Å². The van der Waals surface area contributed by atoms with Gasteiger partial charge in [0, 0.05) is 10.0 Å². The monoisotopic (exact) mass is 624 g/mol. The highest BCUT2D eigenvalue weighted by Gasteiger charge is 2.58. The van der Waals surface area contributed by atoms with Crippen molar-refractivity contribution in [3.05, 3.63) is 130 Å². The molecule has 41 heavy (non-hydrogen) atoms. The van der Waals surface area contributed by atoms with Gasteiger partial charge in [-0.2, -0.15) is 8.78 Å². The Kier molecular flexibility index (Phi) is 7.74. The van der Waals surface area contributed by atoms with E-state index >= 15 is 13.2 Å². The molecule has 0 aromatic heterocycles. The highest BCUT2D eigenvalue weighted by molar-refractivity contribution is 9.10. The molecule has 1 aliphatic rings. The van der Waals surface area contributed by atoms with E-state index in [2.05, 4.69) is 26.2 Å². The third-order valence-corrected chi connectivity index (χ3v) is 7.90. The van der Waals surface area contributed by atoms with Crippen molar-refractivity contribution in [1.82, 2.24) is 5.32 Å². The fourth-order valence-corrected chi connectivity index (χ4v) is 5.41. The van der Waals surface area contributed by atoms with Crippen molar-refractivity contribution in [1.29, 1.82) is 0 Å². The first kappa shape index (κ1) is 28.5. The highest BCUT2D eigenvalue weighted by Crippen LogP contribution is 2.46. The fourth-order valence-electron chi connectivity index (χ4n) is 5.05. The molecule has 0 spiro atoms. The number of nitrogens with zero attached hydrogens (tertiary/aromatic N) is 1. The summed E-state index contributed by atoms with van der Waals surface area (Å²) in [6.45, 7) is 0.271. The van der Waals surface area contributed by atoms with Crippen LogP contribution in [0.15, 0.2) is 107 Å². The third-order valence-electron chi connectivity index (χ3n) is 7.41. The van der Waals surface area contributed by atoms with E-state index in [1.807, 2.05) is 78.9 Å². The molecule has 0 fully saturated rings. The number of hydrogen-bond acceptors (Lipinski definition) is 5. The topological polar surface area (TPSA) is 52.1 Å². The number of rotatable bonds is 7. The van der Waals surface area contributed by atoms with Crippen molar-refractivity contribution < 1.29 is 27.4 Å². The van der Waals surface area contributed by atoms with Crippen LogP contribution in [-0.4, -0.2) is 32.7 Å². The second-order valence-corrected chi connectivity index (χ2v) is 10.7. The lowest BCUT2D eigenvalue weighted by Gasteiger charge is -2.44. The lowest BCUT2D eigenvalue weighted by Crippen LogP contribution is -2.58. The van der Waals surface area contributed by atoms with E-state index in [1.54, 1.807) is 14.2 Å². The van der Waals surface area contributed by atoms with Gasteiger partial charge in [0.25, 0.3) is 6.02 Å². The Balaban J connectivity index is 1.70. The molecular weight excluding hydrogens is 597 g/mol. The van der Waals surface area contributed by atoms with Gasteiger partial charge in [0.1, 0.15) is 29.4 Å². The van der Waals surface area contributed by atoms with Gasteiger partial charge in [-0.1, -0.05) is 70.5 Å². The first-order chi connectivity index (χ1) is 19.6. The molecular formula is C32H28BrF3N2O3. The fraction of sp³-hybridized carbons (Fsp3) is 0.219. The Bertz CT molecular complexity index is 1500. The molecule has 5 rings (SSSR count). The molecule has 212 valence electrons. The lowest BCUT2D eigenvalue weighted by atomic mass is 9.77. The van der Waals surface area contributed by atoms with Crippen LogP contribution in [0.2, 0.25) is 0 Å². The molecule has 0 bridgehead atoms. The Labute approximate surface area is 245 Å². The van der Waals surface area contributed by atoms with E-state index in [4.69, 9.17) is 14.2 Å². The number of amidine groups is 1. The minimum Gasteiger partial charge on any atom is -0.497 e. The number of alkyl halides is 2. The Morgan fingerprint density at radius 2 is 1.37 bits per heavy atom.